The normalized spacial score (nSPS) is 16.1. The Hall–Kier alpha value is -4.39. The minimum absolute atomic E-state index is 0.409. The van der Waals surface area contributed by atoms with Crippen LogP contribution in [0.3, 0.4) is 0 Å². The number of carboxylic acids is 1. The highest BCUT2D eigenvalue weighted by molar-refractivity contribution is 5.92. The van der Waals surface area contributed by atoms with E-state index in [-0.39, 0.29) is 0 Å². The zero-order chi connectivity index (χ0) is 27.9. The second-order valence-electron chi connectivity index (χ2n) is 10.8. The van der Waals surface area contributed by atoms with E-state index in [0.717, 1.165) is 53.5 Å². The van der Waals surface area contributed by atoms with Gasteiger partial charge in [-0.2, -0.15) is 0 Å². The van der Waals surface area contributed by atoms with Gasteiger partial charge in [-0.05, 0) is 85.8 Å². The minimum Gasteiger partial charge on any atom is -0.481 e. The fourth-order valence-electron chi connectivity index (χ4n) is 5.86. The number of carboxylic acid groups (broad SMARTS) is 1. The quantitative estimate of drug-likeness (QED) is 0.252. The molecule has 7 heteroatoms. The number of fused-ring (bicyclic) bond motifs is 1. The van der Waals surface area contributed by atoms with Crippen LogP contribution >= 0.6 is 0 Å². The van der Waals surface area contributed by atoms with E-state index in [0.29, 0.717) is 30.0 Å². The summed E-state index contributed by atoms with van der Waals surface area (Å²) in [5, 5.41) is 16.7. The van der Waals surface area contributed by atoms with Crippen LogP contribution in [0.5, 0.6) is 0 Å². The van der Waals surface area contributed by atoms with Gasteiger partial charge in [0.05, 0.1) is 5.41 Å². The maximum absolute atomic E-state index is 12.9. The number of anilines is 1. The number of rotatable bonds is 7. The predicted molar refractivity (Wildman–Crippen MR) is 152 cm³/mol. The summed E-state index contributed by atoms with van der Waals surface area (Å²) in [6, 6.07) is 21.7. The topological polar surface area (TPSA) is 102 Å². The SMILES string of the molecule is Cc1noc(-c2ccc(-c3ccc(C4(C(=O)O)CC4)cc3)c3c2CCCC3)c1NC(=O)OC(C)c1ccccc1. The summed E-state index contributed by atoms with van der Waals surface area (Å²) in [6.45, 7) is 3.64. The molecule has 2 N–H and O–H groups in total. The number of hydrogen-bond acceptors (Lipinski definition) is 5. The van der Waals surface area contributed by atoms with Crippen LogP contribution in [-0.2, 0) is 27.8 Å². The van der Waals surface area contributed by atoms with Crippen molar-refractivity contribution in [2.75, 3.05) is 5.32 Å². The maximum atomic E-state index is 12.9. The minimum atomic E-state index is -0.743. The average molecular weight is 537 g/mol. The third-order valence-electron chi connectivity index (χ3n) is 8.33. The van der Waals surface area contributed by atoms with Crippen molar-refractivity contribution in [3.8, 4) is 22.5 Å². The molecule has 40 heavy (non-hydrogen) atoms. The van der Waals surface area contributed by atoms with Gasteiger partial charge in [0.1, 0.15) is 17.5 Å². The first-order chi connectivity index (χ1) is 19.4. The number of ether oxygens (including phenoxy) is 1. The molecule has 0 bridgehead atoms. The van der Waals surface area contributed by atoms with E-state index in [9.17, 15) is 14.7 Å². The number of nitrogens with one attached hydrogen (secondary N) is 1. The third kappa shape index (κ3) is 4.66. The second kappa shape index (κ2) is 10.3. The number of aryl methyl sites for hydroxylation is 1. The third-order valence-corrected chi connectivity index (χ3v) is 8.33. The molecule has 1 atom stereocenters. The number of aliphatic carboxylic acids is 1. The van der Waals surface area contributed by atoms with Crippen LogP contribution in [0.15, 0.2) is 71.3 Å². The summed E-state index contributed by atoms with van der Waals surface area (Å²) < 4.78 is 11.4. The summed E-state index contributed by atoms with van der Waals surface area (Å²) in [6.07, 6.45) is 4.40. The molecule has 1 aromatic heterocycles. The van der Waals surface area contributed by atoms with E-state index in [2.05, 4.69) is 16.5 Å². The van der Waals surface area contributed by atoms with Crippen molar-refractivity contribution < 1.29 is 24.0 Å². The van der Waals surface area contributed by atoms with Gasteiger partial charge in [0.2, 0.25) is 0 Å². The number of nitrogens with zero attached hydrogens (tertiary/aromatic N) is 1. The molecule has 3 aromatic carbocycles. The Morgan fingerprint density at radius 1 is 0.950 bits per heavy atom. The molecule has 1 amide bonds. The van der Waals surface area contributed by atoms with Gasteiger partial charge in [-0.15, -0.1) is 0 Å². The zero-order valence-corrected chi connectivity index (χ0v) is 22.7. The molecule has 1 fully saturated rings. The standard InChI is InChI=1S/C33H32N2O5/c1-20-29(34-32(38)39-21(2)22-8-4-3-5-9-22)30(40-35-20)28-17-16-25(26-10-6-7-11-27(26)28)23-12-14-24(15-13-23)33(18-19-33)31(36)37/h3-5,8-9,12-17,21H,6-7,10-11,18-19H2,1-2H3,(H,34,38)(H,36,37). The molecule has 7 nitrogen and oxygen atoms in total. The van der Waals surface area contributed by atoms with Gasteiger partial charge in [-0.3, -0.25) is 10.1 Å². The smallest absolute Gasteiger partial charge is 0.412 e. The fourth-order valence-corrected chi connectivity index (χ4v) is 5.86. The zero-order valence-electron chi connectivity index (χ0n) is 22.7. The van der Waals surface area contributed by atoms with Crippen molar-refractivity contribution in [3.63, 3.8) is 0 Å². The number of aromatic nitrogens is 1. The number of benzene rings is 3. The largest absolute Gasteiger partial charge is 0.481 e. The van der Waals surface area contributed by atoms with Gasteiger partial charge in [0.25, 0.3) is 0 Å². The van der Waals surface area contributed by atoms with Crippen molar-refractivity contribution in [3.05, 3.63) is 94.7 Å². The van der Waals surface area contributed by atoms with E-state index < -0.39 is 23.6 Å². The van der Waals surface area contributed by atoms with Crippen molar-refractivity contribution in [2.45, 2.75) is 63.9 Å². The van der Waals surface area contributed by atoms with Gasteiger partial charge >= 0.3 is 12.1 Å². The molecule has 0 aliphatic heterocycles. The molecule has 2 aliphatic carbocycles. The lowest BCUT2D eigenvalue weighted by Crippen LogP contribution is -2.19. The van der Waals surface area contributed by atoms with Gasteiger partial charge in [0, 0.05) is 5.56 Å². The lowest BCUT2D eigenvalue weighted by Gasteiger charge is -2.23. The predicted octanol–water partition coefficient (Wildman–Crippen LogP) is 7.62. The highest BCUT2D eigenvalue weighted by Crippen LogP contribution is 2.49. The Morgan fingerprint density at radius 2 is 1.60 bits per heavy atom. The Balaban J connectivity index is 1.29. The van der Waals surface area contributed by atoms with E-state index in [4.69, 9.17) is 9.26 Å². The molecule has 0 spiro atoms. The molecular weight excluding hydrogens is 504 g/mol. The van der Waals surface area contributed by atoms with Crippen molar-refractivity contribution >= 4 is 17.7 Å². The summed E-state index contributed by atoms with van der Waals surface area (Å²) >= 11 is 0. The Labute approximate surface area is 233 Å². The Morgan fingerprint density at radius 3 is 2.25 bits per heavy atom. The number of amides is 1. The summed E-state index contributed by atoms with van der Waals surface area (Å²) in [4.78, 5) is 24.6. The van der Waals surface area contributed by atoms with E-state index in [1.165, 1.54) is 11.1 Å². The van der Waals surface area contributed by atoms with Crippen LogP contribution in [0.25, 0.3) is 22.5 Å². The molecule has 1 saturated carbocycles. The number of carbonyl (C=O) groups is 2. The van der Waals surface area contributed by atoms with Gasteiger partial charge in [-0.25, -0.2) is 4.79 Å². The molecule has 1 heterocycles. The Kier molecular flexibility index (Phi) is 6.66. The molecule has 0 saturated heterocycles. The monoisotopic (exact) mass is 536 g/mol. The molecule has 1 unspecified atom stereocenters. The van der Waals surface area contributed by atoms with E-state index >= 15 is 0 Å². The van der Waals surface area contributed by atoms with Crippen LogP contribution in [0, 0.1) is 6.92 Å². The van der Waals surface area contributed by atoms with Crippen LogP contribution in [0.1, 0.15) is 66.7 Å². The molecular formula is C33H32N2O5. The molecule has 6 rings (SSSR count). The van der Waals surface area contributed by atoms with Crippen LogP contribution < -0.4 is 5.32 Å². The Bertz CT molecular complexity index is 1570. The van der Waals surface area contributed by atoms with Gasteiger partial charge < -0.3 is 14.4 Å². The highest BCUT2D eigenvalue weighted by atomic mass is 16.6. The van der Waals surface area contributed by atoms with E-state index in [1.807, 2.05) is 67.6 Å². The number of hydrogen-bond donors (Lipinski definition) is 2. The first-order valence-corrected chi connectivity index (χ1v) is 13.9. The van der Waals surface area contributed by atoms with Crippen molar-refractivity contribution in [1.82, 2.24) is 5.16 Å². The molecule has 204 valence electrons. The summed E-state index contributed by atoms with van der Waals surface area (Å²) in [5.41, 5.74) is 7.75. The second-order valence-corrected chi connectivity index (χ2v) is 10.8. The first-order valence-electron chi connectivity index (χ1n) is 13.9. The average Bonchev–Trinajstić information content (AvgIpc) is 3.72. The van der Waals surface area contributed by atoms with Crippen molar-refractivity contribution in [1.29, 1.82) is 0 Å². The number of carbonyl (C=O) groups excluding carboxylic acids is 1. The van der Waals surface area contributed by atoms with Gasteiger partial charge in [-0.1, -0.05) is 71.9 Å². The molecule has 2 aliphatic rings. The van der Waals surface area contributed by atoms with Crippen LogP contribution in [-0.4, -0.2) is 22.3 Å². The lowest BCUT2D eigenvalue weighted by molar-refractivity contribution is -0.140. The van der Waals surface area contributed by atoms with Crippen LogP contribution in [0.2, 0.25) is 0 Å². The molecule has 4 aromatic rings. The lowest BCUT2D eigenvalue weighted by atomic mass is 9.82. The summed E-state index contributed by atoms with van der Waals surface area (Å²) in [7, 11) is 0. The highest BCUT2D eigenvalue weighted by Gasteiger charge is 2.51. The maximum Gasteiger partial charge on any atom is 0.412 e. The fraction of sp³-hybridized carbons (Fsp3) is 0.303. The summed E-state index contributed by atoms with van der Waals surface area (Å²) in [5.74, 6) is -0.217. The first kappa shape index (κ1) is 25.9. The molecule has 0 radical (unpaired) electrons. The van der Waals surface area contributed by atoms with Crippen LogP contribution in [0.4, 0.5) is 10.5 Å². The van der Waals surface area contributed by atoms with Crippen molar-refractivity contribution in [2.24, 2.45) is 0 Å². The van der Waals surface area contributed by atoms with E-state index in [1.54, 1.807) is 6.92 Å². The van der Waals surface area contributed by atoms with Gasteiger partial charge in [0.15, 0.2) is 5.76 Å².